The van der Waals surface area contributed by atoms with Gasteiger partial charge in [-0.05, 0) is 0 Å². The highest BCUT2D eigenvalue weighted by Gasteiger charge is 1.84. The molecule has 0 fully saturated rings. The van der Waals surface area contributed by atoms with Gasteiger partial charge in [-0.15, -0.1) is 0 Å². The second kappa shape index (κ2) is 1.67. The van der Waals surface area contributed by atoms with Crippen LogP contribution in [0.2, 0.25) is 0 Å². The molecule has 9 heavy (non-hydrogen) atoms. The quantitative estimate of drug-likeness (QED) is 0.388. The molecule has 0 bridgehead atoms. The number of nitrogens with one attached hydrogen (secondary N) is 1. The third-order valence-electron chi connectivity index (χ3n) is 0.729. The van der Waals surface area contributed by atoms with E-state index in [1.165, 1.54) is 0 Å². The Morgan fingerprint density at radius 3 is 2.67 bits per heavy atom. The molecule has 0 atom stereocenters. The van der Waals surface area contributed by atoms with Gasteiger partial charge in [0.1, 0.15) is 0 Å². The number of hydrogen-bond donors (Lipinski definition) is 2. The number of rotatable bonds is 0. The standard InChI is InChI=1S/C4H3N3O2/c5-7-2-1-3(8)6-4(7)9/h5H2,(H,6,8,9). The van der Waals surface area contributed by atoms with Gasteiger partial charge < -0.3 is 5.84 Å². The summed E-state index contributed by atoms with van der Waals surface area (Å²) < 4.78 is 0.612. The Morgan fingerprint density at radius 2 is 2.22 bits per heavy atom. The fourth-order valence-electron chi connectivity index (χ4n) is 0.350. The molecule has 0 radical (unpaired) electrons. The average Bonchev–Trinajstić information content (AvgIpc) is 1.80. The fraction of sp³-hybridized carbons (Fsp3) is 0. The van der Waals surface area contributed by atoms with Crippen molar-refractivity contribution in [3.63, 3.8) is 0 Å². The fourth-order valence-corrected chi connectivity index (χ4v) is 0.350. The van der Waals surface area contributed by atoms with Crippen molar-refractivity contribution in [1.82, 2.24) is 9.66 Å². The van der Waals surface area contributed by atoms with E-state index in [4.69, 9.17) is 5.84 Å². The molecule has 1 aromatic heterocycles. The summed E-state index contributed by atoms with van der Waals surface area (Å²) in [6.45, 7) is 0. The smallest absolute Gasteiger partial charge is 0.327 e. The number of hydrogen-bond acceptors (Lipinski definition) is 3. The van der Waals surface area contributed by atoms with Crippen molar-refractivity contribution in [3.8, 4) is 0 Å². The molecule has 0 saturated carbocycles. The van der Waals surface area contributed by atoms with Crippen LogP contribution in [0.1, 0.15) is 0 Å². The molecule has 0 aliphatic carbocycles. The van der Waals surface area contributed by atoms with Gasteiger partial charge in [-0.2, -0.15) is 4.68 Å². The minimum absolute atomic E-state index is 0.612. The van der Waals surface area contributed by atoms with Gasteiger partial charge in [0, 0.05) is 12.3 Å². The first-order valence-electron chi connectivity index (χ1n) is 2.11. The van der Waals surface area contributed by atoms with Crippen molar-refractivity contribution in [3.05, 3.63) is 33.1 Å². The molecule has 3 N–H and O–H groups in total. The van der Waals surface area contributed by atoms with E-state index in [0.717, 1.165) is 0 Å². The Hall–Kier alpha value is -1.70. The summed E-state index contributed by atoms with van der Waals surface area (Å²) in [6, 6.07) is 2.04. The maximum absolute atomic E-state index is 10.4. The predicted molar refractivity (Wildman–Crippen MR) is 29.1 cm³/mol. The zero-order chi connectivity index (χ0) is 6.85. The van der Waals surface area contributed by atoms with E-state index in [2.05, 4.69) is 6.20 Å². The van der Waals surface area contributed by atoms with E-state index in [1.807, 2.05) is 11.1 Å². The normalized spacial score (nSPS) is 8.44. The van der Waals surface area contributed by atoms with Crippen molar-refractivity contribution in [2.75, 3.05) is 5.84 Å². The van der Waals surface area contributed by atoms with Crippen LogP contribution in [-0.4, -0.2) is 9.66 Å². The van der Waals surface area contributed by atoms with Crippen LogP contribution >= 0.6 is 0 Å². The summed E-state index contributed by atoms with van der Waals surface area (Å²) in [5.74, 6) is 4.94. The Kier molecular flexibility index (Phi) is 1.01. The van der Waals surface area contributed by atoms with Crippen LogP contribution in [0.15, 0.2) is 9.59 Å². The van der Waals surface area contributed by atoms with Crippen LogP contribution in [0.3, 0.4) is 0 Å². The highest BCUT2D eigenvalue weighted by Crippen LogP contribution is 1.44. The minimum atomic E-state index is -0.696. The van der Waals surface area contributed by atoms with Gasteiger partial charge in [0.25, 0.3) is 0 Å². The Labute approximate surface area is 49.7 Å². The summed E-state index contributed by atoms with van der Waals surface area (Å²) in [6.07, 6.45) is 2.08. The lowest BCUT2D eigenvalue weighted by Crippen LogP contribution is -2.32. The summed E-state index contributed by atoms with van der Waals surface area (Å²) in [5, 5.41) is 0. The SMILES string of the molecule is Nn1c#cc(=O)[nH]c1=O. The van der Waals surface area contributed by atoms with E-state index in [1.54, 1.807) is 0 Å². The first kappa shape index (κ1) is 5.44. The van der Waals surface area contributed by atoms with Gasteiger partial charge in [0.05, 0.1) is 0 Å². The van der Waals surface area contributed by atoms with E-state index in [0.29, 0.717) is 4.68 Å². The Morgan fingerprint density at radius 1 is 1.56 bits per heavy atom. The van der Waals surface area contributed by atoms with E-state index < -0.39 is 11.2 Å². The monoisotopic (exact) mass is 125 g/mol. The largest absolute Gasteiger partial charge is 0.355 e. The van der Waals surface area contributed by atoms with Crippen molar-refractivity contribution < 1.29 is 0 Å². The highest BCUT2D eigenvalue weighted by atomic mass is 16.2. The van der Waals surface area contributed by atoms with Gasteiger partial charge in [-0.25, -0.2) is 4.79 Å². The summed E-state index contributed by atoms with van der Waals surface area (Å²) in [7, 11) is 0. The molecular weight excluding hydrogens is 122 g/mol. The molecule has 1 aromatic rings. The Bertz CT molecular complexity index is 310. The van der Waals surface area contributed by atoms with Crippen LogP contribution in [-0.2, 0) is 0 Å². The zero-order valence-electron chi connectivity index (χ0n) is 4.34. The van der Waals surface area contributed by atoms with Crippen molar-refractivity contribution in [2.45, 2.75) is 0 Å². The lowest BCUT2D eigenvalue weighted by molar-refractivity contribution is 0.865. The molecule has 1 heterocycles. The third-order valence-corrected chi connectivity index (χ3v) is 0.729. The number of nitrogen functional groups attached to an aromatic ring is 1. The van der Waals surface area contributed by atoms with Crippen molar-refractivity contribution >= 4 is 0 Å². The molecular formula is C4H3N3O2. The summed E-state index contributed by atoms with van der Waals surface area (Å²) >= 11 is 0. The van der Waals surface area contributed by atoms with Crippen LogP contribution < -0.4 is 17.1 Å². The molecule has 0 aromatic carbocycles. The van der Waals surface area contributed by atoms with Crippen LogP contribution in [0, 0.1) is 12.3 Å². The molecule has 0 aliphatic heterocycles. The molecule has 0 aliphatic rings. The van der Waals surface area contributed by atoms with Gasteiger partial charge in [0.15, 0.2) is 0 Å². The van der Waals surface area contributed by atoms with E-state index in [9.17, 15) is 9.59 Å². The second-order valence-corrected chi connectivity index (χ2v) is 1.37. The molecule has 5 nitrogen and oxygen atoms in total. The number of nitrogens with two attached hydrogens (primary N) is 1. The molecule has 1 rings (SSSR count). The molecule has 46 valence electrons. The third kappa shape index (κ3) is 0.912. The predicted octanol–water partition coefficient (Wildman–Crippen LogP) is -2.15. The van der Waals surface area contributed by atoms with Crippen LogP contribution in [0.5, 0.6) is 0 Å². The maximum Gasteiger partial charge on any atom is 0.355 e. The number of H-pyrrole nitrogens is 1. The number of nitrogens with zero attached hydrogens (tertiary/aromatic N) is 1. The molecule has 0 saturated heterocycles. The van der Waals surface area contributed by atoms with Gasteiger partial charge >= 0.3 is 11.2 Å². The van der Waals surface area contributed by atoms with Gasteiger partial charge in [0.2, 0.25) is 0 Å². The molecule has 5 heteroatoms. The lowest BCUT2D eigenvalue weighted by Gasteiger charge is -1.83. The average molecular weight is 125 g/mol. The highest BCUT2D eigenvalue weighted by molar-refractivity contribution is 4.68. The van der Waals surface area contributed by atoms with Crippen molar-refractivity contribution in [2.24, 2.45) is 0 Å². The molecule has 0 unspecified atom stereocenters. The van der Waals surface area contributed by atoms with Gasteiger partial charge in [-0.3, -0.25) is 9.78 Å². The first-order valence-corrected chi connectivity index (χ1v) is 2.11. The Balaban J connectivity index is 3.52. The second-order valence-electron chi connectivity index (χ2n) is 1.37. The number of aromatic nitrogens is 2. The van der Waals surface area contributed by atoms with Crippen molar-refractivity contribution in [1.29, 1.82) is 0 Å². The summed E-state index contributed by atoms with van der Waals surface area (Å²) in [4.78, 5) is 22.5. The summed E-state index contributed by atoms with van der Waals surface area (Å²) in [5.41, 5.74) is -1.32. The van der Waals surface area contributed by atoms with E-state index in [-0.39, 0.29) is 0 Å². The zero-order valence-corrected chi connectivity index (χ0v) is 4.34. The topological polar surface area (TPSA) is 80.9 Å². The van der Waals surface area contributed by atoms with E-state index >= 15 is 0 Å². The lowest BCUT2D eigenvalue weighted by atomic mass is 10.8. The van der Waals surface area contributed by atoms with Gasteiger partial charge in [-0.1, -0.05) is 0 Å². The molecule has 0 amide bonds. The van der Waals surface area contributed by atoms with Crippen LogP contribution in [0.4, 0.5) is 0 Å². The minimum Gasteiger partial charge on any atom is -0.327 e. The molecule has 0 spiro atoms. The van der Waals surface area contributed by atoms with Crippen LogP contribution in [0.25, 0.3) is 0 Å². The number of aromatic amines is 1. The maximum atomic E-state index is 10.4. The first-order chi connectivity index (χ1) is 4.20.